The van der Waals surface area contributed by atoms with Crippen LogP contribution in [0.3, 0.4) is 0 Å². The molecule has 0 radical (unpaired) electrons. The lowest BCUT2D eigenvalue weighted by Crippen LogP contribution is -2.25. The standard InChI is InChI=1S/C15H21ClN4/c1-11-5-6-17-15-13(11)18-14(12(2)16)20(15)10-9-19-7-3-4-8-19/h5-6,12H,3-4,7-10H2,1-2H3. The van der Waals surface area contributed by atoms with E-state index in [0.717, 1.165) is 35.6 Å². The maximum atomic E-state index is 6.30. The van der Waals surface area contributed by atoms with Gasteiger partial charge in [0.05, 0.1) is 5.38 Å². The Balaban J connectivity index is 1.94. The van der Waals surface area contributed by atoms with Crippen LogP contribution in [-0.4, -0.2) is 39.1 Å². The number of fused-ring (bicyclic) bond motifs is 1. The van der Waals surface area contributed by atoms with Gasteiger partial charge in [-0.2, -0.15) is 0 Å². The second kappa shape index (κ2) is 5.70. The van der Waals surface area contributed by atoms with Crippen LogP contribution in [-0.2, 0) is 6.54 Å². The topological polar surface area (TPSA) is 34.0 Å². The molecule has 1 aliphatic heterocycles. The highest BCUT2D eigenvalue weighted by atomic mass is 35.5. The molecule has 1 saturated heterocycles. The summed E-state index contributed by atoms with van der Waals surface area (Å²) in [7, 11) is 0. The maximum Gasteiger partial charge on any atom is 0.160 e. The highest BCUT2D eigenvalue weighted by Crippen LogP contribution is 2.25. The number of hydrogen-bond donors (Lipinski definition) is 0. The van der Waals surface area contributed by atoms with Crippen molar-refractivity contribution < 1.29 is 0 Å². The lowest BCUT2D eigenvalue weighted by Gasteiger charge is -2.16. The quantitative estimate of drug-likeness (QED) is 0.812. The van der Waals surface area contributed by atoms with Crippen LogP contribution in [0.2, 0.25) is 0 Å². The van der Waals surface area contributed by atoms with Gasteiger partial charge in [-0.1, -0.05) is 0 Å². The van der Waals surface area contributed by atoms with Gasteiger partial charge < -0.3 is 9.47 Å². The number of pyridine rings is 1. The summed E-state index contributed by atoms with van der Waals surface area (Å²) in [4.78, 5) is 11.7. The first-order valence-electron chi connectivity index (χ1n) is 7.35. The number of aryl methyl sites for hydroxylation is 1. The Morgan fingerprint density at radius 2 is 2.05 bits per heavy atom. The van der Waals surface area contributed by atoms with E-state index in [9.17, 15) is 0 Å². The number of hydrogen-bond acceptors (Lipinski definition) is 3. The van der Waals surface area contributed by atoms with E-state index in [1.54, 1.807) is 0 Å². The van der Waals surface area contributed by atoms with Crippen molar-refractivity contribution in [3.05, 3.63) is 23.7 Å². The molecule has 0 amide bonds. The van der Waals surface area contributed by atoms with Crippen molar-refractivity contribution in [3.8, 4) is 0 Å². The third-order valence-corrected chi connectivity index (χ3v) is 4.25. The fourth-order valence-corrected chi connectivity index (χ4v) is 3.09. The second-order valence-corrected chi connectivity index (χ2v) is 6.24. The lowest BCUT2D eigenvalue weighted by molar-refractivity contribution is 0.322. The van der Waals surface area contributed by atoms with Gasteiger partial charge in [-0.05, 0) is 51.4 Å². The minimum absolute atomic E-state index is 0.0952. The molecule has 4 nitrogen and oxygen atoms in total. The largest absolute Gasteiger partial charge is 0.310 e. The molecule has 1 fully saturated rings. The lowest BCUT2D eigenvalue weighted by atomic mass is 10.3. The monoisotopic (exact) mass is 292 g/mol. The molecule has 1 unspecified atom stereocenters. The van der Waals surface area contributed by atoms with Gasteiger partial charge in [0.1, 0.15) is 11.3 Å². The molecule has 1 aliphatic rings. The summed E-state index contributed by atoms with van der Waals surface area (Å²) in [5.41, 5.74) is 3.11. The highest BCUT2D eigenvalue weighted by Gasteiger charge is 2.18. The predicted molar refractivity (Wildman–Crippen MR) is 82.2 cm³/mol. The molecule has 0 aliphatic carbocycles. The van der Waals surface area contributed by atoms with E-state index in [0.29, 0.717) is 0 Å². The Labute approximate surface area is 124 Å². The molecule has 0 saturated carbocycles. The summed E-state index contributed by atoms with van der Waals surface area (Å²) >= 11 is 6.30. The first kappa shape index (κ1) is 13.8. The molecule has 108 valence electrons. The molecule has 1 atom stereocenters. The maximum absolute atomic E-state index is 6.30. The van der Waals surface area contributed by atoms with E-state index in [2.05, 4.69) is 21.4 Å². The van der Waals surface area contributed by atoms with E-state index in [1.165, 1.54) is 25.9 Å². The van der Waals surface area contributed by atoms with Gasteiger partial charge in [-0.3, -0.25) is 0 Å². The number of rotatable bonds is 4. The Morgan fingerprint density at radius 1 is 1.30 bits per heavy atom. The van der Waals surface area contributed by atoms with Crippen molar-refractivity contribution in [3.63, 3.8) is 0 Å². The predicted octanol–water partition coefficient (Wildman–Crippen LogP) is 3.14. The van der Waals surface area contributed by atoms with Gasteiger partial charge in [-0.15, -0.1) is 11.6 Å². The molecule has 0 spiro atoms. The molecular weight excluding hydrogens is 272 g/mol. The third kappa shape index (κ3) is 2.54. The molecule has 5 heteroatoms. The summed E-state index contributed by atoms with van der Waals surface area (Å²) in [6.07, 6.45) is 4.50. The number of imidazole rings is 1. The van der Waals surface area contributed by atoms with Crippen LogP contribution in [0, 0.1) is 6.92 Å². The van der Waals surface area contributed by atoms with E-state index in [-0.39, 0.29) is 5.38 Å². The zero-order valence-electron chi connectivity index (χ0n) is 12.1. The normalized spacial score (nSPS) is 17.9. The van der Waals surface area contributed by atoms with E-state index < -0.39 is 0 Å². The third-order valence-electron chi connectivity index (χ3n) is 4.06. The molecule has 2 aromatic heterocycles. The fourth-order valence-electron chi connectivity index (χ4n) is 2.93. The molecule has 2 aromatic rings. The molecule has 0 N–H and O–H groups in total. The zero-order valence-corrected chi connectivity index (χ0v) is 12.9. The smallest absolute Gasteiger partial charge is 0.160 e. The molecule has 3 heterocycles. The fraction of sp³-hybridized carbons (Fsp3) is 0.600. The van der Waals surface area contributed by atoms with Crippen molar-refractivity contribution in [2.45, 2.75) is 38.6 Å². The van der Waals surface area contributed by atoms with Crippen LogP contribution in [0.5, 0.6) is 0 Å². The van der Waals surface area contributed by atoms with Gasteiger partial charge in [0.25, 0.3) is 0 Å². The van der Waals surface area contributed by atoms with Crippen molar-refractivity contribution in [2.24, 2.45) is 0 Å². The van der Waals surface area contributed by atoms with Crippen LogP contribution in [0.25, 0.3) is 11.2 Å². The van der Waals surface area contributed by atoms with Gasteiger partial charge in [0.2, 0.25) is 0 Å². The average molecular weight is 293 g/mol. The highest BCUT2D eigenvalue weighted by molar-refractivity contribution is 6.20. The summed E-state index contributed by atoms with van der Waals surface area (Å²) in [6.45, 7) is 8.45. The van der Waals surface area contributed by atoms with Crippen molar-refractivity contribution in [1.29, 1.82) is 0 Å². The minimum Gasteiger partial charge on any atom is -0.310 e. The van der Waals surface area contributed by atoms with Gasteiger partial charge in [0.15, 0.2) is 5.65 Å². The van der Waals surface area contributed by atoms with Gasteiger partial charge in [0, 0.05) is 19.3 Å². The van der Waals surface area contributed by atoms with Gasteiger partial charge >= 0.3 is 0 Å². The number of halogens is 1. The van der Waals surface area contributed by atoms with Crippen LogP contribution >= 0.6 is 11.6 Å². The van der Waals surface area contributed by atoms with Crippen LogP contribution < -0.4 is 0 Å². The average Bonchev–Trinajstić information content (AvgIpc) is 3.03. The first-order valence-corrected chi connectivity index (χ1v) is 7.78. The summed E-state index contributed by atoms with van der Waals surface area (Å²) in [6, 6.07) is 2.00. The van der Waals surface area contributed by atoms with Crippen LogP contribution in [0.4, 0.5) is 0 Å². The second-order valence-electron chi connectivity index (χ2n) is 5.59. The molecule has 0 bridgehead atoms. The SMILES string of the molecule is Cc1ccnc2c1nc(C(C)Cl)n2CCN1CCCC1. The Hall–Kier alpha value is -1.13. The van der Waals surface area contributed by atoms with Gasteiger partial charge in [-0.25, -0.2) is 9.97 Å². The molecular formula is C15H21ClN4. The zero-order chi connectivity index (χ0) is 14.1. The van der Waals surface area contributed by atoms with Crippen molar-refractivity contribution in [2.75, 3.05) is 19.6 Å². The first-order chi connectivity index (χ1) is 9.66. The molecule has 0 aromatic carbocycles. The van der Waals surface area contributed by atoms with Crippen molar-refractivity contribution >= 4 is 22.8 Å². The molecule has 3 rings (SSSR count). The Bertz CT molecular complexity index is 599. The summed E-state index contributed by atoms with van der Waals surface area (Å²) < 4.78 is 2.19. The number of nitrogens with zero attached hydrogens (tertiary/aromatic N) is 4. The van der Waals surface area contributed by atoms with Crippen LogP contribution in [0.1, 0.15) is 36.5 Å². The van der Waals surface area contributed by atoms with E-state index in [4.69, 9.17) is 16.6 Å². The van der Waals surface area contributed by atoms with Crippen LogP contribution in [0.15, 0.2) is 12.3 Å². The minimum atomic E-state index is -0.0952. The molecule has 20 heavy (non-hydrogen) atoms. The number of likely N-dealkylation sites (tertiary alicyclic amines) is 1. The van der Waals surface area contributed by atoms with Crippen molar-refractivity contribution in [1.82, 2.24) is 19.4 Å². The van der Waals surface area contributed by atoms with E-state index in [1.807, 2.05) is 19.2 Å². The van der Waals surface area contributed by atoms with E-state index >= 15 is 0 Å². The number of alkyl halides is 1. The Morgan fingerprint density at radius 3 is 2.75 bits per heavy atom. The number of aromatic nitrogens is 3. The summed E-state index contributed by atoms with van der Waals surface area (Å²) in [5, 5.41) is -0.0952. The Kier molecular flexibility index (Phi) is 3.94. The summed E-state index contributed by atoms with van der Waals surface area (Å²) in [5.74, 6) is 0.933.